The maximum atomic E-state index is 12.0. The first-order valence-corrected chi connectivity index (χ1v) is 7.41. The lowest BCUT2D eigenvalue weighted by atomic mass is 10.0. The maximum absolute atomic E-state index is 12.0. The lowest BCUT2D eigenvalue weighted by molar-refractivity contribution is 0.149. The minimum absolute atomic E-state index is 0.310. The zero-order valence-electron chi connectivity index (χ0n) is 12.0. The SMILES string of the molecule is COC(=O)N1c2c[c]ccc2CN1CCC1CCCC1. The summed E-state index contributed by atoms with van der Waals surface area (Å²) in [5, 5.41) is 3.77. The van der Waals surface area contributed by atoms with Crippen LogP contribution in [-0.2, 0) is 11.3 Å². The lowest BCUT2D eigenvalue weighted by Crippen LogP contribution is -2.43. The number of fused-ring (bicyclic) bond motifs is 1. The third-order valence-electron chi connectivity index (χ3n) is 4.41. The van der Waals surface area contributed by atoms with Gasteiger partial charge in [0.2, 0.25) is 0 Å². The van der Waals surface area contributed by atoms with Crippen LogP contribution in [0, 0.1) is 12.0 Å². The van der Waals surface area contributed by atoms with E-state index in [1.807, 2.05) is 18.2 Å². The number of carbonyl (C=O) groups is 1. The maximum Gasteiger partial charge on any atom is 0.428 e. The van der Waals surface area contributed by atoms with E-state index in [9.17, 15) is 4.79 Å². The Labute approximate surface area is 120 Å². The van der Waals surface area contributed by atoms with Crippen molar-refractivity contribution in [1.29, 1.82) is 0 Å². The number of carbonyl (C=O) groups excluding carboxylic acids is 1. The first-order chi connectivity index (χ1) is 9.79. The summed E-state index contributed by atoms with van der Waals surface area (Å²) in [6.07, 6.45) is 6.25. The van der Waals surface area contributed by atoms with Crippen molar-refractivity contribution in [2.45, 2.75) is 38.6 Å². The Morgan fingerprint density at radius 1 is 1.45 bits per heavy atom. The zero-order valence-corrected chi connectivity index (χ0v) is 12.0. The molecule has 4 nitrogen and oxygen atoms in total. The summed E-state index contributed by atoms with van der Waals surface area (Å²) in [5.74, 6) is 0.824. The molecule has 1 aromatic carbocycles. The van der Waals surface area contributed by atoms with Gasteiger partial charge in [0.15, 0.2) is 0 Å². The van der Waals surface area contributed by atoms with Gasteiger partial charge in [-0.25, -0.2) is 14.8 Å². The fraction of sp³-hybridized carbons (Fsp3) is 0.562. The van der Waals surface area contributed by atoms with E-state index in [2.05, 4.69) is 11.1 Å². The molecule has 4 heteroatoms. The monoisotopic (exact) mass is 273 g/mol. The van der Waals surface area contributed by atoms with Gasteiger partial charge in [-0.15, -0.1) is 0 Å². The molecular weight excluding hydrogens is 252 g/mol. The minimum Gasteiger partial charge on any atom is -0.452 e. The zero-order chi connectivity index (χ0) is 13.9. The second-order valence-electron chi connectivity index (χ2n) is 5.66. The van der Waals surface area contributed by atoms with Crippen LogP contribution in [0.4, 0.5) is 10.5 Å². The second-order valence-corrected chi connectivity index (χ2v) is 5.66. The van der Waals surface area contributed by atoms with Gasteiger partial charge < -0.3 is 4.74 Å². The molecule has 1 aliphatic carbocycles. The van der Waals surface area contributed by atoms with Crippen molar-refractivity contribution in [2.24, 2.45) is 5.92 Å². The molecule has 0 aromatic heterocycles. The Hall–Kier alpha value is -1.55. The smallest absolute Gasteiger partial charge is 0.428 e. The van der Waals surface area contributed by atoms with Crippen LogP contribution in [-0.4, -0.2) is 24.8 Å². The highest BCUT2D eigenvalue weighted by molar-refractivity contribution is 5.88. The van der Waals surface area contributed by atoms with E-state index in [1.165, 1.54) is 38.4 Å². The van der Waals surface area contributed by atoms with Gasteiger partial charge in [-0.05, 0) is 30.0 Å². The number of benzene rings is 1. The Balaban J connectivity index is 1.71. The quantitative estimate of drug-likeness (QED) is 0.846. The van der Waals surface area contributed by atoms with Gasteiger partial charge in [-0.3, -0.25) is 0 Å². The van der Waals surface area contributed by atoms with E-state index in [4.69, 9.17) is 4.74 Å². The first kappa shape index (κ1) is 13.4. The molecular formula is C16H21N2O2. The van der Waals surface area contributed by atoms with Gasteiger partial charge >= 0.3 is 6.09 Å². The van der Waals surface area contributed by atoms with Crippen molar-refractivity contribution in [2.75, 3.05) is 18.7 Å². The first-order valence-electron chi connectivity index (χ1n) is 7.41. The molecule has 1 amide bonds. The number of hydrogen-bond acceptors (Lipinski definition) is 3. The summed E-state index contributed by atoms with van der Waals surface area (Å²) in [4.78, 5) is 12.0. The van der Waals surface area contributed by atoms with Gasteiger partial charge in [0, 0.05) is 13.1 Å². The highest BCUT2D eigenvalue weighted by Gasteiger charge is 2.32. The van der Waals surface area contributed by atoms with E-state index < -0.39 is 0 Å². The number of nitrogens with zero attached hydrogens (tertiary/aromatic N) is 2. The molecule has 1 heterocycles. The lowest BCUT2D eigenvalue weighted by Gasteiger charge is -2.27. The summed E-state index contributed by atoms with van der Waals surface area (Å²) in [7, 11) is 1.43. The molecule has 20 heavy (non-hydrogen) atoms. The fourth-order valence-corrected chi connectivity index (χ4v) is 3.31. The molecule has 107 valence electrons. The Kier molecular flexibility index (Phi) is 3.92. The van der Waals surface area contributed by atoms with Crippen molar-refractivity contribution in [3.05, 3.63) is 29.8 Å². The number of methoxy groups -OCH3 is 1. The largest absolute Gasteiger partial charge is 0.452 e. The minimum atomic E-state index is -0.310. The van der Waals surface area contributed by atoms with Crippen LogP contribution in [0.15, 0.2) is 18.2 Å². The number of rotatable bonds is 3. The van der Waals surface area contributed by atoms with Crippen LogP contribution in [0.2, 0.25) is 0 Å². The molecule has 1 saturated carbocycles. The van der Waals surface area contributed by atoms with E-state index in [1.54, 1.807) is 5.01 Å². The van der Waals surface area contributed by atoms with Crippen LogP contribution in [0.5, 0.6) is 0 Å². The second kappa shape index (κ2) is 5.83. The summed E-state index contributed by atoms with van der Waals surface area (Å²) in [5.41, 5.74) is 2.08. The standard InChI is InChI=1S/C16H21N2O2/c1-20-16(19)18-15-9-5-4-8-14(15)12-17(18)11-10-13-6-2-3-7-13/h4,8-9,13H,2-3,6-7,10-12H2,1H3. The summed E-state index contributed by atoms with van der Waals surface area (Å²) >= 11 is 0. The van der Waals surface area contributed by atoms with E-state index in [-0.39, 0.29) is 6.09 Å². The molecule has 1 fully saturated rings. The molecule has 1 aliphatic heterocycles. The number of hydrazine groups is 1. The third kappa shape index (κ3) is 2.52. The number of ether oxygens (including phenoxy) is 1. The predicted octanol–water partition coefficient (Wildman–Crippen LogP) is 3.37. The summed E-state index contributed by atoms with van der Waals surface area (Å²) in [6.45, 7) is 1.69. The predicted molar refractivity (Wildman–Crippen MR) is 77.1 cm³/mol. The van der Waals surface area contributed by atoms with Gasteiger partial charge in [0.25, 0.3) is 0 Å². The van der Waals surface area contributed by atoms with E-state index in [0.717, 1.165) is 31.1 Å². The molecule has 1 aromatic rings. The number of hydrogen-bond donors (Lipinski definition) is 0. The molecule has 0 N–H and O–H groups in total. The Morgan fingerprint density at radius 3 is 3.00 bits per heavy atom. The molecule has 0 saturated heterocycles. The van der Waals surface area contributed by atoms with Crippen LogP contribution >= 0.6 is 0 Å². The van der Waals surface area contributed by atoms with Crippen LogP contribution < -0.4 is 5.01 Å². The van der Waals surface area contributed by atoms with Crippen molar-refractivity contribution in [3.8, 4) is 0 Å². The topological polar surface area (TPSA) is 32.8 Å². The number of amides is 1. The molecule has 0 spiro atoms. The van der Waals surface area contributed by atoms with E-state index in [0.29, 0.717) is 0 Å². The molecule has 1 radical (unpaired) electrons. The highest BCUT2D eigenvalue weighted by atomic mass is 16.5. The van der Waals surface area contributed by atoms with Crippen molar-refractivity contribution in [1.82, 2.24) is 5.01 Å². The van der Waals surface area contributed by atoms with Gasteiger partial charge in [-0.2, -0.15) is 0 Å². The van der Waals surface area contributed by atoms with Gasteiger partial charge in [0.1, 0.15) is 0 Å². The average molecular weight is 273 g/mol. The molecule has 0 bridgehead atoms. The molecule has 3 rings (SSSR count). The summed E-state index contributed by atoms with van der Waals surface area (Å²) < 4.78 is 4.92. The highest BCUT2D eigenvalue weighted by Crippen LogP contribution is 2.33. The fourth-order valence-electron chi connectivity index (χ4n) is 3.31. The van der Waals surface area contributed by atoms with Gasteiger partial charge in [-0.1, -0.05) is 37.8 Å². The van der Waals surface area contributed by atoms with Crippen molar-refractivity contribution in [3.63, 3.8) is 0 Å². The Morgan fingerprint density at radius 2 is 2.25 bits per heavy atom. The van der Waals surface area contributed by atoms with Crippen LogP contribution in [0.25, 0.3) is 0 Å². The molecule has 0 atom stereocenters. The summed E-state index contributed by atoms with van der Waals surface area (Å²) in [6, 6.07) is 8.83. The van der Waals surface area contributed by atoms with Crippen LogP contribution in [0.1, 0.15) is 37.7 Å². The van der Waals surface area contributed by atoms with Gasteiger partial charge in [0.05, 0.1) is 12.8 Å². The van der Waals surface area contributed by atoms with Crippen molar-refractivity contribution >= 4 is 11.8 Å². The van der Waals surface area contributed by atoms with Crippen LogP contribution in [0.3, 0.4) is 0 Å². The Bertz CT molecular complexity index is 483. The number of anilines is 1. The normalized spacial score (nSPS) is 19.4. The van der Waals surface area contributed by atoms with Crippen molar-refractivity contribution < 1.29 is 9.53 Å². The average Bonchev–Trinajstić information content (AvgIpc) is 3.11. The van der Waals surface area contributed by atoms with E-state index >= 15 is 0 Å². The molecule has 2 aliphatic rings. The third-order valence-corrected chi connectivity index (χ3v) is 4.41. The molecule has 0 unspecified atom stereocenters.